The highest BCUT2D eigenvalue weighted by atomic mass is 16.7. The van der Waals surface area contributed by atoms with Crippen molar-refractivity contribution in [1.29, 1.82) is 0 Å². The number of aliphatic hydroxyl groups is 1. The van der Waals surface area contributed by atoms with Crippen molar-refractivity contribution in [1.82, 2.24) is 4.90 Å². The lowest BCUT2D eigenvalue weighted by Gasteiger charge is -2.42. The van der Waals surface area contributed by atoms with Crippen LogP contribution in [-0.4, -0.2) is 44.7 Å². The summed E-state index contributed by atoms with van der Waals surface area (Å²) >= 11 is 0. The van der Waals surface area contributed by atoms with Gasteiger partial charge in [-0.3, -0.25) is 4.90 Å². The van der Waals surface area contributed by atoms with Gasteiger partial charge in [-0.2, -0.15) is 0 Å². The van der Waals surface area contributed by atoms with Crippen LogP contribution in [0.5, 0.6) is 28.7 Å². The molecule has 7 heteroatoms. The Balaban J connectivity index is 1.64. The molecule has 5 rings (SSSR count). The molecule has 0 saturated heterocycles. The van der Waals surface area contributed by atoms with Crippen LogP contribution in [0.3, 0.4) is 0 Å². The first-order valence-electron chi connectivity index (χ1n) is 9.80. The van der Waals surface area contributed by atoms with E-state index in [1.165, 1.54) is 16.7 Å². The van der Waals surface area contributed by atoms with Crippen LogP contribution in [0, 0.1) is 0 Å². The van der Waals surface area contributed by atoms with Crippen LogP contribution in [-0.2, 0) is 26.0 Å². The van der Waals surface area contributed by atoms with E-state index < -0.39 is 0 Å². The van der Waals surface area contributed by atoms with E-state index >= 15 is 0 Å². The fourth-order valence-corrected chi connectivity index (χ4v) is 5.00. The predicted octanol–water partition coefficient (Wildman–Crippen LogP) is 2.59. The molecular weight excluding hydrogens is 374 g/mol. The van der Waals surface area contributed by atoms with Crippen molar-refractivity contribution in [2.45, 2.75) is 32.0 Å². The Kier molecular flexibility index (Phi) is 4.44. The van der Waals surface area contributed by atoms with Gasteiger partial charge in [-0.1, -0.05) is 0 Å². The summed E-state index contributed by atoms with van der Waals surface area (Å²) in [6, 6.07) is 4.31. The van der Waals surface area contributed by atoms with Gasteiger partial charge >= 0.3 is 0 Å². The van der Waals surface area contributed by atoms with Crippen LogP contribution in [0.15, 0.2) is 12.1 Å². The lowest BCUT2D eigenvalue weighted by molar-refractivity contribution is 0.152. The largest absolute Gasteiger partial charge is 0.493 e. The zero-order valence-electron chi connectivity index (χ0n) is 16.9. The van der Waals surface area contributed by atoms with Crippen LogP contribution in [0.25, 0.3) is 0 Å². The van der Waals surface area contributed by atoms with Gasteiger partial charge in [-0.25, -0.2) is 0 Å². The Bertz CT molecular complexity index is 973. The molecule has 154 valence electrons. The summed E-state index contributed by atoms with van der Waals surface area (Å²) in [5.41, 5.74) is 5.53. The average Bonchev–Trinajstić information content (AvgIpc) is 3.22. The van der Waals surface area contributed by atoms with Gasteiger partial charge in [0.05, 0.1) is 27.9 Å². The number of methoxy groups -OCH3 is 3. The summed E-state index contributed by atoms with van der Waals surface area (Å²) in [6.07, 6.45) is 1.71. The topological polar surface area (TPSA) is 69.6 Å². The van der Waals surface area contributed by atoms with Crippen molar-refractivity contribution in [2.24, 2.45) is 0 Å². The monoisotopic (exact) mass is 399 g/mol. The third-order valence-electron chi connectivity index (χ3n) is 6.30. The lowest BCUT2D eigenvalue weighted by atomic mass is 9.81. The Hall–Kier alpha value is -2.64. The molecule has 3 aliphatic rings. The molecule has 0 spiro atoms. The van der Waals surface area contributed by atoms with E-state index in [4.69, 9.17) is 23.7 Å². The number of nitrogens with zero attached hydrogens (tertiary/aromatic N) is 1. The van der Waals surface area contributed by atoms with Crippen LogP contribution in [0.2, 0.25) is 0 Å². The van der Waals surface area contributed by atoms with Gasteiger partial charge in [0.1, 0.15) is 0 Å². The third-order valence-corrected chi connectivity index (χ3v) is 6.30. The third kappa shape index (κ3) is 2.64. The maximum Gasteiger partial charge on any atom is 0.231 e. The van der Waals surface area contributed by atoms with Crippen molar-refractivity contribution in [2.75, 3.05) is 34.7 Å². The number of hydrogen-bond acceptors (Lipinski definition) is 7. The van der Waals surface area contributed by atoms with Gasteiger partial charge in [-0.05, 0) is 41.7 Å². The maximum atomic E-state index is 10.1. The molecule has 3 heterocycles. The Morgan fingerprint density at radius 2 is 1.90 bits per heavy atom. The van der Waals surface area contributed by atoms with Crippen LogP contribution in [0.1, 0.15) is 33.9 Å². The van der Waals surface area contributed by atoms with Gasteiger partial charge in [0, 0.05) is 30.3 Å². The van der Waals surface area contributed by atoms with Gasteiger partial charge in [-0.15, -0.1) is 0 Å². The second-order valence-electron chi connectivity index (χ2n) is 7.54. The van der Waals surface area contributed by atoms with Crippen molar-refractivity contribution >= 4 is 0 Å². The van der Waals surface area contributed by atoms with Crippen molar-refractivity contribution in [3.8, 4) is 28.7 Å². The molecule has 0 radical (unpaired) electrons. The van der Waals surface area contributed by atoms with Gasteiger partial charge in [0.25, 0.3) is 0 Å². The fourth-order valence-electron chi connectivity index (χ4n) is 5.00. The predicted molar refractivity (Wildman–Crippen MR) is 105 cm³/mol. The summed E-state index contributed by atoms with van der Waals surface area (Å²) in [4.78, 5) is 2.44. The second kappa shape index (κ2) is 7.00. The highest BCUT2D eigenvalue weighted by Gasteiger charge is 2.39. The smallest absolute Gasteiger partial charge is 0.231 e. The molecule has 1 atom stereocenters. The minimum Gasteiger partial charge on any atom is -0.493 e. The number of ether oxygens (including phenoxy) is 5. The molecule has 0 aromatic heterocycles. The lowest BCUT2D eigenvalue weighted by Crippen LogP contribution is -2.40. The summed E-state index contributed by atoms with van der Waals surface area (Å²) < 4.78 is 28.2. The number of hydrogen-bond donors (Lipinski definition) is 1. The summed E-state index contributed by atoms with van der Waals surface area (Å²) in [5.74, 6) is 3.50. The Morgan fingerprint density at radius 3 is 2.62 bits per heavy atom. The maximum absolute atomic E-state index is 10.1. The number of fused-ring (bicyclic) bond motifs is 5. The molecule has 0 bridgehead atoms. The molecule has 0 unspecified atom stereocenters. The van der Waals surface area contributed by atoms with Crippen LogP contribution >= 0.6 is 0 Å². The molecule has 7 nitrogen and oxygen atoms in total. The van der Waals surface area contributed by atoms with Crippen LogP contribution < -0.4 is 23.7 Å². The van der Waals surface area contributed by atoms with Gasteiger partial charge in [0.15, 0.2) is 23.0 Å². The molecule has 0 saturated carbocycles. The fraction of sp³-hybridized carbons (Fsp3) is 0.455. The quantitative estimate of drug-likeness (QED) is 0.847. The molecule has 29 heavy (non-hydrogen) atoms. The highest BCUT2D eigenvalue weighted by molar-refractivity contribution is 5.63. The zero-order chi connectivity index (χ0) is 20.1. The minimum absolute atomic E-state index is 0.0835. The van der Waals surface area contributed by atoms with Crippen molar-refractivity contribution < 1.29 is 28.8 Å². The molecule has 2 aromatic rings. The summed E-state index contributed by atoms with van der Waals surface area (Å²) in [5, 5.41) is 10.1. The molecular formula is C22H25NO6. The number of benzene rings is 2. The van der Waals surface area contributed by atoms with E-state index in [1.54, 1.807) is 21.3 Å². The number of rotatable bonds is 4. The first-order valence-corrected chi connectivity index (χ1v) is 9.80. The van der Waals surface area contributed by atoms with Crippen LogP contribution in [0.4, 0.5) is 0 Å². The van der Waals surface area contributed by atoms with Crippen molar-refractivity contribution in [3.05, 3.63) is 39.9 Å². The average molecular weight is 399 g/mol. The van der Waals surface area contributed by atoms with E-state index in [9.17, 15) is 5.11 Å². The summed E-state index contributed by atoms with van der Waals surface area (Å²) in [6.45, 7) is 1.81. The van der Waals surface area contributed by atoms with E-state index in [1.807, 2.05) is 6.07 Å². The molecule has 1 N–H and O–H groups in total. The molecule has 3 aliphatic heterocycles. The second-order valence-corrected chi connectivity index (χ2v) is 7.54. The van der Waals surface area contributed by atoms with E-state index in [-0.39, 0.29) is 19.4 Å². The first kappa shape index (κ1) is 18.4. The zero-order valence-corrected chi connectivity index (χ0v) is 16.9. The van der Waals surface area contributed by atoms with Crippen molar-refractivity contribution in [3.63, 3.8) is 0 Å². The van der Waals surface area contributed by atoms with E-state index in [2.05, 4.69) is 11.0 Å². The molecule has 2 aromatic carbocycles. The van der Waals surface area contributed by atoms with Gasteiger partial charge in [0.2, 0.25) is 12.5 Å². The number of aliphatic hydroxyl groups excluding tert-OH is 1. The Morgan fingerprint density at radius 1 is 1.07 bits per heavy atom. The van der Waals surface area contributed by atoms with Gasteiger partial charge < -0.3 is 28.8 Å². The van der Waals surface area contributed by atoms with E-state index in [0.29, 0.717) is 17.2 Å². The highest BCUT2D eigenvalue weighted by Crippen LogP contribution is 2.52. The van der Waals surface area contributed by atoms with E-state index in [0.717, 1.165) is 48.6 Å². The summed E-state index contributed by atoms with van der Waals surface area (Å²) in [7, 11) is 4.92. The standard InChI is InChI=1S/C22H25NO6/c1-25-17-8-13-6-16-19-12(7-18-21(22(19)27-3)29-11-28-18)4-5-23(16)9-14(13)15(10-24)20(17)26-2/h7-8,16,24H,4-6,9-11H2,1-3H3/t16-/m1/s1. The Labute approximate surface area is 169 Å². The molecule has 0 amide bonds. The molecule has 0 aliphatic carbocycles. The minimum atomic E-state index is -0.0835. The first-order chi connectivity index (χ1) is 14.2. The SMILES string of the molecule is COc1cc2c(c(CO)c1OC)CN1CCc3cc4c(c(OC)c3[C@H]1C2)OCO4. The molecule has 0 fully saturated rings. The normalized spacial score (nSPS) is 19.2.